The zero-order chi connectivity index (χ0) is 17.2. The molecule has 24 heavy (non-hydrogen) atoms. The topological polar surface area (TPSA) is 73.2 Å². The molecule has 0 bridgehead atoms. The Morgan fingerprint density at radius 1 is 1.29 bits per heavy atom. The number of nitrogens with zero attached hydrogens (tertiary/aromatic N) is 2. The number of ether oxygens (including phenoxy) is 1. The average Bonchev–Trinajstić information content (AvgIpc) is 3.24. The summed E-state index contributed by atoms with van der Waals surface area (Å²) in [4.78, 5) is 0.153. The van der Waals surface area contributed by atoms with Crippen molar-refractivity contribution in [3.8, 4) is 5.75 Å². The van der Waals surface area contributed by atoms with E-state index in [0.29, 0.717) is 11.8 Å². The minimum absolute atomic E-state index is 0.153. The fraction of sp³-hybridized carbons (Fsp3) is 0.471. The molecule has 1 fully saturated rings. The number of aryl methyl sites for hydroxylation is 1. The van der Waals surface area contributed by atoms with Gasteiger partial charge in [-0.15, -0.1) is 0 Å². The summed E-state index contributed by atoms with van der Waals surface area (Å²) < 4.78 is 34.9. The molecular formula is C17H23N3O3S. The molecule has 0 atom stereocenters. The summed E-state index contributed by atoms with van der Waals surface area (Å²) in [5, 5.41) is 4.51. The Kier molecular flexibility index (Phi) is 4.91. The van der Waals surface area contributed by atoms with Crippen LogP contribution >= 0.6 is 0 Å². The van der Waals surface area contributed by atoms with E-state index in [9.17, 15) is 8.42 Å². The molecule has 1 N–H and O–H groups in total. The van der Waals surface area contributed by atoms with Gasteiger partial charge in [0, 0.05) is 6.20 Å². The highest BCUT2D eigenvalue weighted by atomic mass is 32.2. The van der Waals surface area contributed by atoms with Crippen molar-refractivity contribution < 1.29 is 13.2 Å². The SMILES string of the molecule is COc1ccc(C)cc1S(=O)(=O)NCc1ccn(C2CCCC2)n1. The molecule has 1 aromatic carbocycles. The van der Waals surface area contributed by atoms with Crippen LogP contribution < -0.4 is 9.46 Å². The van der Waals surface area contributed by atoms with Crippen molar-refractivity contribution in [3.63, 3.8) is 0 Å². The normalized spacial score (nSPS) is 15.8. The highest BCUT2D eigenvalue weighted by Gasteiger charge is 2.21. The zero-order valence-corrected chi connectivity index (χ0v) is 14.8. The molecule has 3 rings (SSSR count). The Morgan fingerprint density at radius 3 is 2.75 bits per heavy atom. The highest BCUT2D eigenvalue weighted by Crippen LogP contribution is 2.29. The maximum absolute atomic E-state index is 12.6. The maximum atomic E-state index is 12.6. The molecule has 1 heterocycles. The molecule has 130 valence electrons. The summed E-state index contributed by atoms with van der Waals surface area (Å²) in [5.74, 6) is 0.338. The summed E-state index contributed by atoms with van der Waals surface area (Å²) in [6.07, 6.45) is 6.70. The van der Waals surface area contributed by atoms with Crippen molar-refractivity contribution in [2.45, 2.75) is 50.1 Å². The van der Waals surface area contributed by atoms with E-state index in [0.717, 1.165) is 24.1 Å². The lowest BCUT2D eigenvalue weighted by atomic mass is 10.2. The first-order valence-corrected chi connectivity index (χ1v) is 9.66. The number of sulfonamides is 1. The second-order valence-electron chi connectivity index (χ2n) is 6.20. The van der Waals surface area contributed by atoms with Crippen LogP contribution in [0.3, 0.4) is 0 Å². The molecule has 7 heteroatoms. The molecule has 1 saturated carbocycles. The van der Waals surface area contributed by atoms with E-state index in [4.69, 9.17) is 4.74 Å². The molecule has 0 spiro atoms. The molecule has 2 aromatic rings. The smallest absolute Gasteiger partial charge is 0.244 e. The summed E-state index contributed by atoms with van der Waals surface area (Å²) in [7, 11) is -2.19. The second kappa shape index (κ2) is 6.94. The minimum atomic E-state index is -3.66. The van der Waals surface area contributed by atoms with E-state index >= 15 is 0 Å². The van der Waals surface area contributed by atoms with Crippen molar-refractivity contribution >= 4 is 10.0 Å². The molecule has 0 amide bonds. The fourth-order valence-electron chi connectivity index (χ4n) is 3.08. The number of nitrogens with one attached hydrogen (secondary N) is 1. The number of rotatable bonds is 6. The van der Waals surface area contributed by atoms with E-state index in [-0.39, 0.29) is 11.4 Å². The van der Waals surface area contributed by atoms with Gasteiger partial charge in [0.05, 0.1) is 25.4 Å². The van der Waals surface area contributed by atoms with Crippen LogP contribution in [0.2, 0.25) is 0 Å². The number of hydrogen-bond donors (Lipinski definition) is 1. The molecule has 6 nitrogen and oxygen atoms in total. The van der Waals surface area contributed by atoms with Gasteiger partial charge in [-0.1, -0.05) is 18.9 Å². The Labute approximate surface area is 142 Å². The van der Waals surface area contributed by atoms with E-state index in [2.05, 4.69) is 9.82 Å². The van der Waals surface area contributed by atoms with Crippen molar-refractivity contribution in [2.75, 3.05) is 7.11 Å². The van der Waals surface area contributed by atoms with Crippen LogP contribution in [0.25, 0.3) is 0 Å². The van der Waals surface area contributed by atoms with E-state index in [1.54, 1.807) is 12.1 Å². The van der Waals surface area contributed by atoms with Crippen LogP contribution in [0.5, 0.6) is 5.75 Å². The Hall–Kier alpha value is -1.86. The third kappa shape index (κ3) is 3.62. The van der Waals surface area contributed by atoms with Crippen LogP contribution in [0.4, 0.5) is 0 Å². The average molecular weight is 349 g/mol. The molecule has 0 radical (unpaired) electrons. The molecule has 1 aromatic heterocycles. The van der Waals surface area contributed by atoms with Gasteiger partial charge in [0.1, 0.15) is 10.6 Å². The van der Waals surface area contributed by atoms with Gasteiger partial charge in [0.15, 0.2) is 0 Å². The van der Waals surface area contributed by atoms with Crippen molar-refractivity contribution in [1.29, 1.82) is 0 Å². The molecule has 1 aliphatic rings. The van der Waals surface area contributed by atoms with Gasteiger partial charge in [0.25, 0.3) is 0 Å². The van der Waals surface area contributed by atoms with Crippen LogP contribution in [0, 0.1) is 6.92 Å². The van der Waals surface area contributed by atoms with Gasteiger partial charge in [0.2, 0.25) is 10.0 Å². The summed E-state index contributed by atoms with van der Waals surface area (Å²) in [6.45, 7) is 2.01. The summed E-state index contributed by atoms with van der Waals surface area (Å²) >= 11 is 0. The predicted octanol–water partition coefficient (Wildman–Crippen LogP) is 2.79. The monoisotopic (exact) mass is 349 g/mol. The van der Waals surface area contributed by atoms with Crippen LogP contribution in [-0.4, -0.2) is 25.3 Å². The van der Waals surface area contributed by atoms with E-state index < -0.39 is 10.0 Å². The number of hydrogen-bond acceptors (Lipinski definition) is 4. The predicted molar refractivity (Wildman–Crippen MR) is 91.5 cm³/mol. The second-order valence-corrected chi connectivity index (χ2v) is 7.94. The maximum Gasteiger partial charge on any atom is 0.244 e. The lowest BCUT2D eigenvalue weighted by Crippen LogP contribution is -2.24. The Balaban J connectivity index is 1.72. The molecule has 1 aliphatic carbocycles. The van der Waals surface area contributed by atoms with Crippen molar-refractivity contribution in [2.24, 2.45) is 0 Å². The highest BCUT2D eigenvalue weighted by molar-refractivity contribution is 7.89. The largest absolute Gasteiger partial charge is 0.495 e. The van der Waals surface area contributed by atoms with Crippen LogP contribution in [0.15, 0.2) is 35.4 Å². The number of benzene rings is 1. The van der Waals surface area contributed by atoms with Gasteiger partial charge in [-0.05, 0) is 43.5 Å². The lowest BCUT2D eigenvalue weighted by Gasteiger charge is -2.11. The van der Waals surface area contributed by atoms with Gasteiger partial charge in [-0.3, -0.25) is 4.68 Å². The first kappa shape index (κ1) is 17.0. The van der Waals surface area contributed by atoms with Gasteiger partial charge in [-0.2, -0.15) is 5.10 Å². The third-order valence-corrected chi connectivity index (χ3v) is 5.84. The van der Waals surface area contributed by atoms with Crippen molar-refractivity contribution in [3.05, 3.63) is 41.7 Å². The lowest BCUT2D eigenvalue weighted by molar-refractivity contribution is 0.402. The van der Waals surface area contributed by atoms with Gasteiger partial charge >= 0.3 is 0 Å². The first-order chi connectivity index (χ1) is 11.5. The first-order valence-electron chi connectivity index (χ1n) is 8.18. The molecule has 0 aliphatic heterocycles. The van der Waals surface area contributed by atoms with E-state index in [1.807, 2.05) is 29.9 Å². The Morgan fingerprint density at radius 2 is 2.04 bits per heavy atom. The molecule has 0 saturated heterocycles. The zero-order valence-electron chi connectivity index (χ0n) is 14.0. The summed E-state index contributed by atoms with van der Waals surface area (Å²) in [6, 6.07) is 7.42. The van der Waals surface area contributed by atoms with Crippen LogP contribution in [-0.2, 0) is 16.6 Å². The third-order valence-electron chi connectivity index (χ3n) is 4.41. The fourth-order valence-corrected chi connectivity index (χ4v) is 4.34. The van der Waals surface area contributed by atoms with E-state index in [1.165, 1.54) is 20.0 Å². The van der Waals surface area contributed by atoms with Crippen LogP contribution in [0.1, 0.15) is 43.0 Å². The summed E-state index contributed by atoms with van der Waals surface area (Å²) in [5.41, 5.74) is 1.58. The standard InChI is InChI=1S/C17H23N3O3S/c1-13-7-8-16(23-2)17(11-13)24(21,22)18-12-14-9-10-20(19-14)15-5-3-4-6-15/h7-11,15,18H,3-6,12H2,1-2H3. The molecule has 0 unspecified atom stereocenters. The minimum Gasteiger partial charge on any atom is -0.495 e. The quantitative estimate of drug-likeness (QED) is 0.870. The van der Waals surface area contributed by atoms with Gasteiger partial charge < -0.3 is 4.74 Å². The van der Waals surface area contributed by atoms with Crippen molar-refractivity contribution in [1.82, 2.24) is 14.5 Å². The number of methoxy groups -OCH3 is 1. The number of aromatic nitrogens is 2. The van der Waals surface area contributed by atoms with Gasteiger partial charge in [-0.25, -0.2) is 13.1 Å². The molecular weight excluding hydrogens is 326 g/mol. The Bertz CT molecular complexity index is 808.